The monoisotopic (exact) mass is 374 g/mol. The Bertz CT molecular complexity index is 798. The van der Waals surface area contributed by atoms with Crippen molar-refractivity contribution in [1.82, 2.24) is 10.6 Å². The summed E-state index contributed by atoms with van der Waals surface area (Å²) in [6.07, 6.45) is -0.886. The molecule has 2 aromatic carbocycles. The van der Waals surface area contributed by atoms with Crippen LogP contribution in [0.15, 0.2) is 54.6 Å². The maximum atomic E-state index is 13.2. The van der Waals surface area contributed by atoms with Gasteiger partial charge in [-0.05, 0) is 23.3 Å². The third-order valence-electron chi connectivity index (χ3n) is 3.57. The van der Waals surface area contributed by atoms with Crippen molar-refractivity contribution in [3.8, 4) is 0 Å². The van der Waals surface area contributed by atoms with Crippen LogP contribution in [-0.2, 0) is 27.4 Å². The van der Waals surface area contributed by atoms with Crippen LogP contribution >= 0.6 is 0 Å². The summed E-state index contributed by atoms with van der Waals surface area (Å²) in [5.74, 6) is -2.46. The Morgan fingerprint density at radius 1 is 1.04 bits per heavy atom. The van der Waals surface area contributed by atoms with Crippen LogP contribution in [0, 0.1) is 5.82 Å². The molecule has 0 fully saturated rings. The predicted octanol–water partition coefficient (Wildman–Crippen LogP) is 1.86. The van der Waals surface area contributed by atoms with Crippen molar-refractivity contribution in [2.24, 2.45) is 0 Å². The minimum Gasteiger partial charge on any atom is -0.480 e. The molecular weight excluding hydrogens is 355 g/mol. The second-order valence-electron chi connectivity index (χ2n) is 5.71. The van der Waals surface area contributed by atoms with Crippen molar-refractivity contribution in [1.29, 1.82) is 0 Å². The second kappa shape index (κ2) is 9.91. The number of carbonyl (C=O) groups is 3. The molecule has 2 amide bonds. The number of ether oxygens (including phenoxy) is 1. The van der Waals surface area contributed by atoms with Crippen molar-refractivity contribution in [2.45, 2.75) is 19.1 Å². The molecule has 0 saturated carbocycles. The van der Waals surface area contributed by atoms with Crippen LogP contribution in [0.3, 0.4) is 0 Å². The molecule has 0 heterocycles. The normalized spacial score (nSPS) is 11.3. The molecule has 0 aliphatic carbocycles. The Labute approximate surface area is 155 Å². The standard InChI is InChI=1S/C19H19FN2O5/c20-15-8-4-7-14(9-15)10-16(18(24)25)22-17(23)11-21-19(26)27-12-13-5-2-1-3-6-13/h1-9,16H,10-12H2,(H,21,26)(H,22,23)(H,24,25)/t16-/m0/s1. The zero-order valence-electron chi connectivity index (χ0n) is 14.4. The molecule has 1 atom stereocenters. The molecule has 0 spiro atoms. The van der Waals surface area contributed by atoms with Gasteiger partial charge in [0.2, 0.25) is 5.91 Å². The van der Waals surface area contributed by atoms with Crippen molar-refractivity contribution >= 4 is 18.0 Å². The molecule has 0 aliphatic heterocycles. The van der Waals surface area contributed by atoms with E-state index in [-0.39, 0.29) is 13.0 Å². The summed E-state index contributed by atoms with van der Waals surface area (Å²) in [5, 5.41) is 13.7. The first-order valence-electron chi connectivity index (χ1n) is 8.15. The highest BCUT2D eigenvalue weighted by Gasteiger charge is 2.21. The first-order chi connectivity index (χ1) is 12.9. The van der Waals surface area contributed by atoms with Gasteiger partial charge in [-0.1, -0.05) is 42.5 Å². The van der Waals surface area contributed by atoms with E-state index in [2.05, 4.69) is 10.6 Å². The number of halogens is 1. The summed E-state index contributed by atoms with van der Waals surface area (Å²) in [6, 6.07) is 13.2. The van der Waals surface area contributed by atoms with Crippen LogP contribution < -0.4 is 10.6 Å². The molecule has 0 unspecified atom stereocenters. The van der Waals surface area contributed by atoms with Crippen LogP contribution in [0.4, 0.5) is 9.18 Å². The number of carboxylic acids is 1. The molecular formula is C19H19FN2O5. The lowest BCUT2D eigenvalue weighted by molar-refractivity contribution is -0.141. The van der Waals surface area contributed by atoms with Gasteiger partial charge in [0.15, 0.2) is 0 Å². The number of amides is 2. The van der Waals surface area contributed by atoms with Crippen molar-refractivity contribution < 1.29 is 28.6 Å². The molecule has 0 bridgehead atoms. The minimum atomic E-state index is -1.26. The maximum Gasteiger partial charge on any atom is 0.407 e. The Morgan fingerprint density at radius 2 is 1.74 bits per heavy atom. The van der Waals surface area contributed by atoms with E-state index in [1.165, 1.54) is 18.2 Å². The zero-order chi connectivity index (χ0) is 19.6. The van der Waals surface area contributed by atoms with E-state index in [0.717, 1.165) is 5.56 Å². The molecule has 27 heavy (non-hydrogen) atoms. The number of carbonyl (C=O) groups excluding carboxylic acids is 2. The molecule has 2 rings (SSSR count). The molecule has 8 heteroatoms. The highest BCUT2D eigenvalue weighted by atomic mass is 19.1. The highest BCUT2D eigenvalue weighted by Crippen LogP contribution is 2.07. The molecule has 3 N–H and O–H groups in total. The molecule has 7 nitrogen and oxygen atoms in total. The van der Waals surface area contributed by atoms with E-state index < -0.39 is 36.4 Å². The molecule has 142 valence electrons. The number of benzene rings is 2. The van der Waals surface area contributed by atoms with E-state index in [0.29, 0.717) is 5.56 Å². The zero-order valence-corrected chi connectivity index (χ0v) is 14.4. The topological polar surface area (TPSA) is 105 Å². The van der Waals surface area contributed by atoms with Crippen LogP contribution in [0.1, 0.15) is 11.1 Å². The Hall–Kier alpha value is -3.42. The van der Waals surface area contributed by atoms with E-state index in [1.54, 1.807) is 30.3 Å². The van der Waals surface area contributed by atoms with Crippen LogP contribution in [-0.4, -0.2) is 35.7 Å². The Morgan fingerprint density at radius 3 is 2.41 bits per heavy atom. The van der Waals surface area contributed by atoms with Gasteiger partial charge in [0, 0.05) is 6.42 Å². The van der Waals surface area contributed by atoms with Gasteiger partial charge >= 0.3 is 12.1 Å². The number of nitrogens with one attached hydrogen (secondary N) is 2. The van der Waals surface area contributed by atoms with Gasteiger partial charge < -0.3 is 20.5 Å². The van der Waals surface area contributed by atoms with Gasteiger partial charge in [-0.3, -0.25) is 4.79 Å². The largest absolute Gasteiger partial charge is 0.480 e. The van der Waals surface area contributed by atoms with Crippen LogP contribution in [0.25, 0.3) is 0 Å². The SMILES string of the molecule is O=C(CNC(=O)OCc1ccccc1)N[C@@H](Cc1cccc(F)c1)C(=O)O. The quantitative estimate of drug-likeness (QED) is 0.654. The summed E-state index contributed by atoms with van der Waals surface area (Å²) >= 11 is 0. The predicted molar refractivity (Wildman–Crippen MR) is 94.3 cm³/mol. The summed E-state index contributed by atoms with van der Waals surface area (Å²) in [5.41, 5.74) is 1.22. The van der Waals surface area contributed by atoms with E-state index in [9.17, 15) is 23.9 Å². The summed E-state index contributed by atoms with van der Waals surface area (Å²) in [7, 11) is 0. The smallest absolute Gasteiger partial charge is 0.407 e. The van der Waals surface area contributed by atoms with Gasteiger partial charge in [0.05, 0.1) is 0 Å². The molecule has 0 aliphatic rings. The molecule has 2 aromatic rings. The van der Waals surface area contributed by atoms with Gasteiger partial charge in [-0.25, -0.2) is 14.0 Å². The third kappa shape index (κ3) is 7.15. The van der Waals surface area contributed by atoms with E-state index in [1.807, 2.05) is 6.07 Å². The fraction of sp³-hybridized carbons (Fsp3) is 0.211. The number of hydrogen-bond donors (Lipinski definition) is 3. The van der Waals surface area contributed by atoms with Crippen molar-refractivity contribution in [3.63, 3.8) is 0 Å². The second-order valence-corrected chi connectivity index (χ2v) is 5.71. The average molecular weight is 374 g/mol. The van der Waals surface area contributed by atoms with Crippen molar-refractivity contribution in [2.75, 3.05) is 6.54 Å². The lowest BCUT2D eigenvalue weighted by atomic mass is 10.1. The maximum absolute atomic E-state index is 13.2. The highest BCUT2D eigenvalue weighted by molar-refractivity contribution is 5.86. The molecule has 0 radical (unpaired) electrons. The van der Waals surface area contributed by atoms with Gasteiger partial charge in [-0.2, -0.15) is 0 Å². The lowest BCUT2D eigenvalue weighted by Crippen LogP contribution is -2.46. The summed E-state index contributed by atoms with van der Waals surface area (Å²) in [6.45, 7) is -0.397. The first kappa shape index (κ1) is 19.9. The summed E-state index contributed by atoms with van der Waals surface area (Å²) in [4.78, 5) is 34.8. The van der Waals surface area contributed by atoms with Crippen LogP contribution in [0.2, 0.25) is 0 Å². The average Bonchev–Trinajstić information content (AvgIpc) is 2.65. The number of aliphatic carboxylic acids is 1. The number of hydrogen-bond acceptors (Lipinski definition) is 4. The van der Waals surface area contributed by atoms with Gasteiger partial charge in [0.25, 0.3) is 0 Å². The fourth-order valence-corrected chi connectivity index (χ4v) is 2.27. The van der Waals surface area contributed by atoms with Crippen molar-refractivity contribution in [3.05, 3.63) is 71.5 Å². The summed E-state index contributed by atoms with van der Waals surface area (Å²) < 4.78 is 18.1. The first-order valence-corrected chi connectivity index (χ1v) is 8.15. The van der Waals surface area contributed by atoms with E-state index in [4.69, 9.17) is 4.74 Å². The van der Waals surface area contributed by atoms with E-state index >= 15 is 0 Å². The lowest BCUT2D eigenvalue weighted by Gasteiger charge is -2.15. The molecule has 0 saturated heterocycles. The Kier molecular flexibility index (Phi) is 7.30. The number of alkyl carbamates (subject to hydrolysis) is 1. The number of rotatable bonds is 8. The van der Waals surface area contributed by atoms with Gasteiger partial charge in [-0.15, -0.1) is 0 Å². The fourth-order valence-electron chi connectivity index (χ4n) is 2.27. The minimum absolute atomic E-state index is 0.0472. The van der Waals surface area contributed by atoms with Crippen LogP contribution in [0.5, 0.6) is 0 Å². The number of carboxylic acid groups (broad SMARTS) is 1. The molecule has 0 aromatic heterocycles. The Balaban J connectivity index is 1.78. The third-order valence-corrected chi connectivity index (χ3v) is 3.57. The van der Waals surface area contributed by atoms with Gasteiger partial charge in [0.1, 0.15) is 25.0 Å².